The van der Waals surface area contributed by atoms with Gasteiger partial charge in [-0.15, -0.1) is 0 Å². The van der Waals surface area contributed by atoms with Gasteiger partial charge < -0.3 is 20.4 Å². The number of amides is 1. The molecule has 100 valence electrons. The lowest BCUT2D eigenvalue weighted by Crippen LogP contribution is -2.54. The SMILES string of the molecule is O=C(C1CCCN1C1=NCCN1)N1CCNCC1. The summed E-state index contributed by atoms with van der Waals surface area (Å²) in [5.74, 6) is 1.21. The van der Waals surface area contributed by atoms with Gasteiger partial charge in [-0.1, -0.05) is 0 Å². The third-order valence-electron chi connectivity index (χ3n) is 3.90. The average Bonchev–Trinajstić information content (AvgIpc) is 3.09. The number of hydrogen-bond acceptors (Lipinski definition) is 5. The van der Waals surface area contributed by atoms with E-state index >= 15 is 0 Å². The van der Waals surface area contributed by atoms with Gasteiger partial charge in [-0.05, 0) is 12.8 Å². The normalized spacial score (nSPS) is 28.2. The summed E-state index contributed by atoms with van der Waals surface area (Å²) >= 11 is 0. The van der Waals surface area contributed by atoms with Crippen molar-refractivity contribution in [1.29, 1.82) is 0 Å². The molecule has 0 aromatic carbocycles. The number of likely N-dealkylation sites (tertiary alicyclic amines) is 1. The van der Waals surface area contributed by atoms with Gasteiger partial charge in [-0.2, -0.15) is 0 Å². The Morgan fingerprint density at radius 2 is 2.06 bits per heavy atom. The first-order valence-corrected chi connectivity index (χ1v) is 6.91. The maximum absolute atomic E-state index is 12.5. The van der Waals surface area contributed by atoms with E-state index in [1.165, 1.54) is 0 Å². The Morgan fingerprint density at radius 1 is 1.22 bits per heavy atom. The Balaban J connectivity index is 1.67. The van der Waals surface area contributed by atoms with Crippen molar-refractivity contribution in [3.8, 4) is 0 Å². The Bertz CT molecular complexity index is 350. The van der Waals surface area contributed by atoms with E-state index in [4.69, 9.17) is 0 Å². The van der Waals surface area contributed by atoms with Crippen LogP contribution in [0.1, 0.15) is 12.8 Å². The van der Waals surface area contributed by atoms with E-state index in [9.17, 15) is 4.79 Å². The number of hydrogen-bond donors (Lipinski definition) is 2. The fourth-order valence-corrected chi connectivity index (χ4v) is 2.95. The fourth-order valence-electron chi connectivity index (χ4n) is 2.95. The van der Waals surface area contributed by atoms with Gasteiger partial charge in [-0.25, -0.2) is 0 Å². The monoisotopic (exact) mass is 251 g/mol. The Hall–Kier alpha value is -1.30. The van der Waals surface area contributed by atoms with Gasteiger partial charge in [0.05, 0.1) is 6.54 Å². The number of rotatable bonds is 1. The van der Waals surface area contributed by atoms with Crippen molar-refractivity contribution in [2.24, 2.45) is 4.99 Å². The van der Waals surface area contributed by atoms with Crippen LogP contribution in [-0.4, -0.2) is 73.5 Å². The molecule has 2 N–H and O–H groups in total. The van der Waals surface area contributed by atoms with Crippen LogP contribution in [0.15, 0.2) is 4.99 Å². The smallest absolute Gasteiger partial charge is 0.245 e. The summed E-state index contributed by atoms with van der Waals surface area (Å²) < 4.78 is 0. The van der Waals surface area contributed by atoms with Gasteiger partial charge >= 0.3 is 0 Å². The quantitative estimate of drug-likeness (QED) is 0.617. The highest BCUT2D eigenvalue weighted by Crippen LogP contribution is 2.20. The second-order valence-electron chi connectivity index (χ2n) is 5.06. The van der Waals surface area contributed by atoms with Crippen LogP contribution in [0.4, 0.5) is 0 Å². The summed E-state index contributed by atoms with van der Waals surface area (Å²) in [7, 11) is 0. The Kier molecular flexibility index (Phi) is 3.36. The van der Waals surface area contributed by atoms with Gasteiger partial charge in [0.25, 0.3) is 0 Å². The summed E-state index contributed by atoms with van der Waals surface area (Å²) in [6.45, 7) is 6.19. The molecule has 3 heterocycles. The first-order valence-electron chi connectivity index (χ1n) is 6.91. The van der Waals surface area contributed by atoms with Gasteiger partial charge in [0.2, 0.25) is 5.91 Å². The lowest BCUT2D eigenvalue weighted by molar-refractivity contribution is -0.135. The van der Waals surface area contributed by atoms with Crippen LogP contribution in [0, 0.1) is 0 Å². The topological polar surface area (TPSA) is 60.0 Å². The van der Waals surface area contributed by atoms with Gasteiger partial charge in [0.1, 0.15) is 6.04 Å². The molecule has 3 aliphatic rings. The van der Waals surface area contributed by atoms with Crippen LogP contribution < -0.4 is 10.6 Å². The molecule has 0 aliphatic carbocycles. The van der Waals surface area contributed by atoms with Crippen molar-refractivity contribution in [3.63, 3.8) is 0 Å². The summed E-state index contributed by atoms with van der Waals surface area (Å²) in [5.41, 5.74) is 0. The lowest BCUT2D eigenvalue weighted by atomic mass is 10.2. The molecule has 2 fully saturated rings. The van der Waals surface area contributed by atoms with Crippen molar-refractivity contribution >= 4 is 11.9 Å². The molecule has 18 heavy (non-hydrogen) atoms. The largest absolute Gasteiger partial charge is 0.354 e. The van der Waals surface area contributed by atoms with Crippen LogP contribution in [0.3, 0.4) is 0 Å². The molecular weight excluding hydrogens is 230 g/mol. The minimum Gasteiger partial charge on any atom is -0.354 e. The standard InChI is InChI=1S/C12H21N5O/c18-11(16-8-5-13-6-9-16)10-2-1-7-17(10)12-14-3-4-15-12/h10,13H,1-9H2,(H,14,15). The molecule has 0 aromatic heterocycles. The first kappa shape index (κ1) is 11.8. The van der Waals surface area contributed by atoms with E-state index in [1.807, 2.05) is 4.90 Å². The molecule has 0 radical (unpaired) electrons. The van der Waals surface area contributed by atoms with Crippen molar-refractivity contribution in [2.75, 3.05) is 45.8 Å². The molecule has 3 rings (SSSR count). The fraction of sp³-hybridized carbons (Fsp3) is 0.833. The first-order chi connectivity index (χ1) is 8.86. The van der Waals surface area contributed by atoms with Crippen molar-refractivity contribution in [1.82, 2.24) is 20.4 Å². The van der Waals surface area contributed by atoms with E-state index in [-0.39, 0.29) is 11.9 Å². The molecule has 0 spiro atoms. The summed E-state index contributed by atoms with van der Waals surface area (Å²) in [6, 6.07) is 0.00690. The molecule has 0 saturated carbocycles. The van der Waals surface area contributed by atoms with Crippen LogP contribution in [-0.2, 0) is 4.79 Å². The second-order valence-corrected chi connectivity index (χ2v) is 5.06. The zero-order chi connectivity index (χ0) is 12.4. The highest BCUT2D eigenvalue weighted by molar-refractivity contribution is 5.90. The van der Waals surface area contributed by atoms with E-state index in [0.717, 1.165) is 64.6 Å². The van der Waals surface area contributed by atoms with Gasteiger partial charge in [0.15, 0.2) is 5.96 Å². The zero-order valence-corrected chi connectivity index (χ0v) is 10.7. The molecule has 6 heteroatoms. The second kappa shape index (κ2) is 5.14. The highest BCUT2D eigenvalue weighted by Gasteiger charge is 2.36. The van der Waals surface area contributed by atoms with Gasteiger partial charge in [0, 0.05) is 39.3 Å². The zero-order valence-electron chi connectivity index (χ0n) is 10.7. The summed E-state index contributed by atoms with van der Waals surface area (Å²) in [5, 5.41) is 6.56. The maximum atomic E-state index is 12.5. The van der Waals surface area contributed by atoms with E-state index in [0.29, 0.717) is 0 Å². The maximum Gasteiger partial charge on any atom is 0.245 e. The van der Waals surface area contributed by atoms with Crippen LogP contribution in [0.5, 0.6) is 0 Å². The highest BCUT2D eigenvalue weighted by atomic mass is 16.2. The molecule has 0 aromatic rings. The van der Waals surface area contributed by atoms with Crippen LogP contribution in [0.25, 0.3) is 0 Å². The van der Waals surface area contributed by atoms with Crippen molar-refractivity contribution in [2.45, 2.75) is 18.9 Å². The number of carbonyl (C=O) groups excluding carboxylic acids is 1. The average molecular weight is 251 g/mol. The van der Waals surface area contributed by atoms with Crippen LogP contribution >= 0.6 is 0 Å². The number of piperazine rings is 1. The summed E-state index contributed by atoms with van der Waals surface area (Å²) in [6.07, 6.45) is 2.05. The Morgan fingerprint density at radius 3 is 2.78 bits per heavy atom. The lowest BCUT2D eigenvalue weighted by Gasteiger charge is -2.33. The molecule has 0 bridgehead atoms. The summed E-state index contributed by atoms with van der Waals surface area (Å²) in [4.78, 5) is 21.1. The molecule has 1 atom stereocenters. The molecule has 6 nitrogen and oxygen atoms in total. The number of carbonyl (C=O) groups is 1. The predicted molar refractivity (Wildman–Crippen MR) is 69.5 cm³/mol. The van der Waals surface area contributed by atoms with Gasteiger partial charge in [-0.3, -0.25) is 9.79 Å². The van der Waals surface area contributed by atoms with E-state index in [1.54, 1.807) is 0 Å². The number of nitrogens with one attached hydrogen (secondary N) is 2. The minimum absolute atomic E-state index is 0.00690. The minimum atomic E-state index is 0.00690. The molecule has 1 amide bonds. The third kappa shape index (κ3) is 2.16. The molecular formula is C12H21N5O. The van der Waals surface area contributed by atoms with Crippen LogP contribution in [0.2, 0.25) is 0 Å². The Labute approximate surface area is 107 Å². The van der Waals surface area contributed by atoms with Crippen molar-refractivity contribution < 1.29 is 4.79 Å². The van der Waals surface area contributed by atoms with E-state index in [2.05, 4.69) is 20.5 Å². The third-order valence-corrected chi connectivity index (χ3v) is 3.90. The predicted octanol–water partition coefficient (Wildman–Crippen LogP) is -1.16. The number of guanidine groups is 1. The molecule has 2 saturated heterocycles. The molecule has 1 unspecified atom stereocenters. The number of aliphatic imine (C=N–C) groups is 1. The van der Waals surface area contributed by atoms with E-state index < -0.39 is 0 Å². The number of nitrogens with zero attached hydrogens (tertiary/aromatic N) is 3. The van der Waals surface area contributed by atoms with Crippen molar-refractivity contribution in [3.05, 3.63) is 0 Å². The molecule has 3 aliphatic heterocycles.